The van der Waals surface area contributed by atoms with Gasteiger partial charge in [-0.15, -0.1) is 0 Å². The van der Waals surface area contributed by atoms with Crippen molar-refractivity contribution in [1.82, 2.24) is 0 Å². The van der Waals surface area contributed by atoms with Gasteiger partial charge in [-0.05, 0) is 32.9 Å². The van der Waals surface area contributed by atoms with E-state index in [-0.39, 0.29) is 0 Å². The van der Waals surface area contributed by atoms with Crippen LogP contribution in [-0.4, -0.2) is 35.0 Å². The van der Waals surface area contributed by atoms with Gasteiger partial charge in [0.25, 0.3) is 0 Å². The molecule has 0 saturated carbocycles. The molecule has 2 saturated heterocycles. The topological polar surface area (TPSA) is 47.9 Å². The predicted octanol–water partition coefficient (Wildman–Crippen LogP) is 1.48. The second-order valence-corrected chi connectivity index (χ2v) is 5.49. The van der Waals surface area contributed by atoms with Crippen molar-refractivity contribution in [3.05, 3.63) is 42.8 Å². The molecule has 0 aliphatic carbocycles. The van der Waals surface area contributed by atoms with Gasteiger partial charge < -0.3 is 19.3 Å². The van der Waals surface area contributed by atoms with Crippen molar-refractivity contribution in [2.45, 2.75) is 43.7 Å². The standard InChI is InChI=1S/C16H17O4/c1-11-16(17,10-9-12-7-5-4-6-8-12)13-14(18-11)20-15(2,3)19-13/h4-8,11,13-14,17H,1H2,2-3H3/t11?,13-,14+,16+/m0/s1. The smallest absolute Gasteiger partial charge is 0.191 e. The molecule has 4 atom stereocenters. The fourth-order valence-electron chi connectivity index (χ4n) is 2.42. The zero-order valence-electron chi connectivity index (χ0n) is 11.5. The van der Waals surface area contributed by atoms with Crippen LogP contribution >= 0.6 is 0 Å². The van der Waals surface area contributed by atoms with Gasteiger partial charge in [0.05, 0.1) is 0 Å². The van der Waals surface area contributed by atoms with E-state index in [2.05, 4.69) is 18.8 Å². The Labute approximate surface area is 118 Å². The zero-order valence-corrected chi connectivity index (χ0v) is 11.5. The molecule has 105 valence electrons. The summed E-state index contributed by atoms with van der Waals surface area (Å²) in [5.74, 6) is 4.99. The second-order valence-electron chi connectivity index (χ2n) is 5.49. The van der Waals surface area contributed by atoms with Crippen LogP contribution in [0.5, 0.6) is 0 Å². The number of ether oxygens (including phenoxy) is 3. The molecule has 4 nitrogen and oxygen atoms in total. The van der Waals surface area contributed by atoms with Crippen molar-refractivity contribution in [1.29, 1.82) is 0 Å². The van der Waals surface area contributed by atoms with E-state index in [1.165, 1.54) is 0 Å². The van der Waals surface area contributed by atoms with Gasteiger partial charge >= 0.3 is 0 Å². The maximum atomic E-state index is 10.8. The summed E-state index contributed by atoms with van der Waals surface area (Å²) in [5.41, 5.74) is -0.663. The molecule has 2 aliphatic heterocycles. The highest BCUT2D eigenvalue weighted by Crippen LogP contribution is 2.42. The Morgan fingerprint density at radius 1 is 1.20 bits per heavy atom. The van der Waals surface area contributed by atoms with Crippen LogP contribution in [0, 0.1) is 18.8 Å². The van der Waals surface area contributed by atoms with Gasteiger partial charge in [-0.3, -0.25) is 0 Å². The lowest BCUT2D eigenvalue weighted by atomic mass is 9.93. The first-order valence-corrected chi connectivity index (χ1v) is 6.55. The Morgan fingerprint density at radius 2 is 1.90 bits per heavy atom. The van der Waals surface area contributed by atoms with Crippen LogP contribution in [0.1, 0.15) is 19.4 Å². The van der Waals surface area contributed by atoms with Crippen LogP contribution < -0.4 is 0 Å². The summed E-state index contributed by atoms with van der Waals surface area (Å²) in [4.78, 5) is 0. The fraction of sp³-hybridized carbons (Fsp3) is 0.438. The third kappa shape index (κ3) is 2.23. The summed E-state index contributed by atoms with van der Waals surface area (Å²) < 4.78 is 16.8. The first-order chi connectivity index (χ1) is 9.41. The highest BCUT2D eigenvalue weighted by Gasteiger charge is 2.61. The molecule has 2 fully saturated rings. The Kier molecular flexibility index (Phi) is 3.11. The highest BCUT2D eigenvalue weighted by molar-refractivity contribution is 5.38. The minimum absolute atomic E-state index is 0.637. The number of fused-ring (bicyclic) bond motifs is 1. The molecule has 3 rings (SSSR count). The number of aliphatic hydroxyl groups is 1. The molecular weight excluding hydrogens is 256 g/mol. The van der Waals surface area contributed by atoms with E-state index < -0.39 is 29.9 Å². The van der Waals surface area contributed by atoms with Crippen molar-refractivity contribution in [2.24, 2.45) is 0 Å². The molecule has 2 aliphatic rings. The molecule has 1 aromatic carbocycles. The van der Waals surface area contributed by atoms with Crippen molar-refractivity contribution in [2.75, 3.05) is 0 Å². The summed E-state index contributed by atoms with van der Waals surface area (Å²) in [5, 5.41) is 10.8. The molecule has 1 unspecified atom stereocenters. The molecule has 0 amide bonds. The first kappa shape index (κ1) is 13.6. The van der Waals surface area contributed by atoms with Crippen LogP contribution in [-0.2, 0) is 14.2 Å². The molecule has 2 heterocycles. The molecule has 0 bridgehead atoms. The minimum Gasteiger partial charge on any atom is -0.372 e. The highest BCUT2D eigenvalue weighted by atomic mass is 16.8. The lowest BCUT2D eigenvalue weighted by Gasteiger charge is -2.27. The van der Waals surface area contributed by atoms with E-state index in [1.807, 2.05) is 30.3 Å². The Hall–Kier alpha value is -1.38. The van der Waals surface area contributed by atoms with E-state index >= 15 is 0 Å². The predicted molar refractivity (Wildman–Crippen MR) is 72.3 cm³/mol. The van der Waals surface area contributed by atoms with Crippen molar-refractivity contribution in [3.8, 4) is 11.8 Å². The Bertz CT molecular complexity index is 557. The average Bonchev–Trinajstić information content (AvgIpc) is 2.82. The van der Waals surface area contributed by atoms with Gasteiger partial charge in [0.15, 0.2) is 23.8 Å². The van der Waals surface area contributed by atoms with Crippen LogP contribution in [0.15, 0.2) is 30.3 Å². The largest absolute Gasteiger partial charge is 0.372 e. The Morgan fingerprint density at radius 3 is 2.60 bits per heavy atom. The van der Waals surface area contributed by atoms with Gasteiger partial charge in [-0.2, -0.15) is 0 Å². The van der Waals surface area contributed by atoms with Gasteiger partial charge in [0.1, 0.15) is 6.10 Å². The number of hydrogen-bond donors (Lipinski definition) is 1. The summed E-state index contributed by atoms with van der Waals surface area (Å²) in [7, 11) is 0. The number of benzene rings is 1. The zero-order chi connectivity index (χ0) is 14.4. The van der Waals surface area contributed by atoms with Crippen LogP contribution in [0.25, 0.3) is 0 Å². The second kappa shape index (κ2) is 4.57. The summed E-state index contributed by atoms with van der Waals surface area (Å²) in [6.07, 6.45) is -2.01. The normalized spacial score (nSPS) is 38.1. The van der Waals surface area contributed by atoms with Gasteiger partial charge in [0, 0.05) is 5.56 Å². The molecule has 1 aromatic rings. The molecule has 20 heavy (non-hydrogen) atoms. The SMILES string of the molecule is [CH2]C1O[C@@H]2OC(C)(C)O[C@@H]2[C@@]1(O)C#Cc1ccccc1. The maximum Gasteiger partial charge on any atom is 0.191 e. The summed E-state index contributed by atoms with van der Waals surface area (Å²) >= 11 is 0. The molecule has 0 aromatic heterocycles. The van der Waals surface area contributed by atoms with Crippen molar-refractivity contribution in [3.63, 3.8) is 0 Å². The molecular formula is C16H17O4. The van der Waals surface area contributed by atoms with E-state index in [0.717, 1.165) is 5.56 Å². The fourth-order valence-corrected chi connectivity index (χ4v) is 2.42. The summed E-state index contributed by atoms with van der Waals surface area (Å²) in [6, 6.07) is 9.44. The molecule has 1 radical (unpaired) electrons. The van der Waals surface area contributed by atoms with Crippen LogP contribution in [0.2, 0.25) is 0 Å². The number of rotatable bonds is 0. The third-order valence-electron chi connectivity index (χ3n) is 3.46. The first-order valence-electron chi connectivity index (χ1n) is 6.55. The summed E-state index contributed by atoms with van der Waals surface area (Å²) in [6.45, 7) is 7.35. The van der Waals surface area contributed by atoms with Crippen LogP contribution in [0.4, 0.5) is 0 Å². The number of hydrogen-bond acceptors (Lipinski definition) is 4. The third-order valence-corrected chi connectivity index (χ3v) is 3.46. The van der Waals surface area contributed by atoms with Gasteiger partial charge in [-0.1, -0.05) is 30.0 Å². The maximum absolute atomic E-state index is 10.8. The van der Waals surface area contributed by atoms with Crippen molar-refractivity contribution < 1.29 is 19.3 Å². The van der Waals surface area contributed by atoms with E-state index in [1.54, 1.807) is 13.8 Å². The lowest BCUT2D eigenvalue weighted by molar-refractivity contribution is -0.216. The molecule has 1 N–H and O–H groups in total. The quantitative estimate of drug-likeness (QED) is 0.727. The molecule has 4 heteroatoms. The van der Waals surface area contributed by atoms with E-state index in [0.29, 0.717) is 0 Å². The van der Waals surface area contributed by atoms with E-state index in [4.69, 9.17) is 14.2 Å². The van der Waals surface area contributed by atoms with Crippen LogP contribution in [0.3, 0.4) is 0 Å². The average molecular weight is 273 g/mol. The van der Waals surface area contributed by atoms with Gasteiger partial charge in [-0.25, -0.2) is 0 Å². The molecule has 0 spiro atoms. The Balaban J connectivity index is 1.89. The van der Waals surface area contributed by atoms with E-state index in [9.17, 15) is 5.11 Å². The van der Waals surface area contributed by atoms with Crippen molar-refractivity contribution >= 4 is 0 Å². The monoisotopic (exact) mass is 273 g/mol. The van der Waals surface area contributed by atoms with Gasteiger partial charge in [0.2, 0.25) is 0 Å². The minimum atomic E-state index is -1.48. The lowest BCUT2D eigenvalue weighted by Crippen LogP contribution is -2.47.